The molecule has 1 saturated heterocycles. The number of nitrogens with zero attached hydrogens (tertiary/aromatic N) is 3. The number of hydrogen-bond donors (Lipinski definition) is 0. The minimum absolute atomic E-state index is 0.158. The smallest absolute Gasteiger partial charge is 0.219 e. The van der Waals surface area contributed by atoms with Crippen molar-refractivity contribution in [2.75, 3.05) is 13.1 Å². The lowest BCUT2D eigenvalue weighted by Crippen LogP contribution is -2.37. The summed E-state index contributed by atoms with van der Waals surface area (Å²) in [7, 11) is 0. The zero-order chi connectivity index (χ0) is 11.5. The number of rotatable bonds is 1. The van der Waals surface area contributed by atoms with E-state index in [0.717, 1.165) is 37.3 Å². The minimum atomic E-state index is 0.158. The lowest BCUT2D eigenvalue weighted by Gasteiger charge is -2.31. The summed E-state index contributed by atoms with van der Waals surface area (Å²) in [6.07, 6.45) is 5.73. The predicted molar refractivity (Wildman–Crippen MR) is 61.0 cm³/mol. The summed E-state index contributed by atoms with van der Waals surface area (Å²) >= 11 is 0. The van der Waals surface area contributed by atoms with E-state index in [1.54, 1.807) is 13.1 Å². The van der Waals surface area contributed by atoms with Crippen LogP contribution in [0, 0.1) is 6.92 Å². The van der Waals surface area contributed by atoms with E-state index in [1.807, 2.05) is 18.0 Å². The van der Waals surface area contributed by atoms with Crippen LogP contribution in [0.25, 0.3) is 0 Å². The fourth-order valence-electron chi connectivity index (χ4n) is 2.18. The fraction of sp³-hybridized carbons (Fsp3) is 0.583. The van der Waals surface area contributed by atoms with Crippen molar-refractivity contribution in [1.82, 2.24) is 14.9 Å². The molecule has 4 heteroatoms. The molecular formula is C12H17N3O. The molecule has 1 aliphatic heterocycles. The van der Waals surface area contributed by atoms with Gasteiger partial charge in [0.15, 0.2) is 0 Å². The molecule has 0 saturated carbocycles. The first-order chi connectivity index (χ1) is 7.66. The van der Waals surface area contributed by atoms with Gasteiger partial charge < -0.3 is 4.90 Å². The second-order valence-corrected chi connectivity index (χ2v) is 4.39. The van der Waals surface area contributed by atoms with Gasteiger partial charge in [-0.2, -0.15) is 0 Å². The molecule has 86 valence electrons. The van der Waals surface area contributed by atoms with Gasteiger partial charge in [-0.25, -0.2) is 0 Å². The van der Waals surface area contributed by atoms with Gasteiger partial charge in [-0.15, -0.1) is 0 Å². The number of carbonyl (C=O) groups is 1. The Hall–Kier alpha value is -1.45. The Balaban J connectivity index is 2.12. The van der Waals surface area contributed by atoms with Crippen LogP contribution in [0.15, 0.2) is 12.4 Å². The Kier molecular flexibility index (Phi) is 3.17. The number of piperidine rings is 1. The first kappa shape index (κ1) is 11.0. The molecule has 0 radical (unpaired) electrons. The van der Waals surface area contributed by atoms with Gasteiger partial charge in [0.25, 0.3) is 0 Å². The molecule has 1 aromatic heterocycles. The molecular weight excluding hydrogens is 202 g/mol. The van der Waals surface area contributed by atoms with Crippen molar-refractivity contribution in [3.05, 3.63) is 23.8 Å². The highest BCUT2D eigenvalue weighted by molar-refractivity contribution is 5.73. The third-order valence-corrected chi connectivity index (χ3v) is 3.06. The molecule has 0 bridgehead atoms. The second-order valence-electron chi connectivity index (χ2n) is 4.39. The number of amides is 1. The van der Waals surface area contributed by atoms with Gasteiger partial charge in [0.2, 0.25) is 5.91 Å². The van der Waals surface area contributed by atoms with Crippen molar-refractivity contribution in [2.45, 2.75) is 32.6 Å². The predicted octanol–water partition coefficient (Wildman–Crippen LogP) is 1.51. The molecule has 1 aliphatic rings. The molecule has 0 aromatic carbocycles. The van der Waals surface area contributed by atoms with Crippen LogP contribution in [-0.2, 0) is 4.79 Å². The number of hydrogen-bond acceptors (Lipinski definition) is 3. The van der Waals surface area contributed by atoms with E-state index in [2.05, 4.69) is 9.97 Å². The third kappa shape index (κ3) is 2.38. The van der Waals surface area contributed by atoms with Crippen molar-refractivity contribution < 1.29 is 4.79 Å². The normalized spacial score (nSPS) is 20.9. The molecule has 0 unspecified atom stereocenters. The van der Waals surface area contributed by atoms with Crippen LogP contribution in [0.1, 0.15) is 37.1 Å². The highest BCUT2D eigenvalue weighted by Gasteiger charge is 2.23. The molecule has 0 spiro atoms. The van der Waals surface area contributed by atoms with E-state index in [-0.39, 0.29) is 5.91 Å². The maximum atomic E-state index is 11.3. The maximum absolute atomic E-state index is 11.3. The summed E-state index contributed by atoms with van der Waals surface area (Å²) in [5.41, 5.74) is 1.96. The zero-order valence-electron chi connectivity index (χ0n) is 9.81. The van der Waals surface area contributed by atoms with Gasteiger partial charge in [-0.1, -0.05) is 0 Å². The van der Waals surface area contributed by atoms with Crippen LogP contribution in [0.4, 0.5) is 0 Å². The third-order valence-electron chi connectivity index (χ3n) is 3.06. The number of aromatic nitrogens is 2. The summed E-state index contributed by atoms with van der Waals surface area (Å²) in [6, 6.07) is 0. The molecule has 16 heavy (non-hydrogen) atoms. The Morgan fingerprint density at radius 3 is 3.00 bits per heavy atom. The molecule has 2 rings (SSSR count). The summed E-state index contributed by atoms with van der Waals surface area (Å²) in [6.45, 7) is 5.24. The van der Waals surface area contributed by atoms with E-state index in [9.17, 15) is 4.79 Å². The van der Waals surface area contributed by atoms with Crippen LogP contribution < -0.4 is 0 Å². The van der Waals surface area contributed by atoms with E-state index in [1.165, 1.54) is 0 Å². The minimum Gasteiger partial charge on any atom is -0.342 e. The molecule has 1 aromatic rings. The van der Waals surface area contributed by atoms with Crippen molar-refractivity contribution in [3.8, 4) is 0 Å². The molecule has 0 aliphatic carbocycles. The zero-order valence-corrected chi connectivity index (χ0v) is 9.81. The van der Waals surface area contributed by atoms with Crippen molar-refractivity contribution in [1.29, 1.82) is 0 Å². The average molecular weight is 219 g/mol. The molecule has 1 fully saturated rings. The Bertz CT molecular complexity index is 392. The van der Waals surface area contributed by atoms with Crippen LogP contribution in [-0.4, -0.2) is 33.9 Å². The van der Waals surface area contributed by atoms with Gasteiger partial charge >= 0.3 is 0 Å². The maximum Gasteiger partial charge on any atom is 0.219 e. The van der Waals surface area contributed by atoms with Crippen molar-refractivity contribution >= 4 is 5.91 Å². The van der Waals surface area contributed by atoms with E-state index in [0.29, 0.717) is 5.92 Å². The SMILES string of the molecule is CC(=O)N1CCC[C@@H](c2cncc(C)n2)C1. The Morgan fingerprint density at radius 1 is 1.50 bits per heavy atom. The number of likely N-dealkylation sites (tertiary alicyclic amines) is 1. The molecule has 1 amide bonds. The van der Waals surface area contributed by atoms with Crippen molar-refractivity contribution in [3.63, 3.8) is 0 Å². The van der Waals surface area contributed by atoms with Crippen LogP contribution in [0.2, 0.25) is 0 Å². The Morgan fingerprint density at radius 2 is 2.31 bits per heavy atom. The lowest BCUT2D eigenvalue weighted by molar-refractivity contribution is -0.130. The van der Waals surface area contributed by atoms with Gasteiger partial charge in [-0.3, -0.25) is 14.8 Å². The van der Waals surface area contributed by atoms with Gasteiger partial charge in [-0.05, 0) is 19.8 Å². The Labute approximate surface area is 95.7 Å². The van der Waals surface area contributed by atoms with Crippen molar-refractivity contribution in [2.24, 2.45) is 0 Å². The number of aryl methyl sites for hydroxylation is 1. The largest absolute Gasteiger partial charge is 0.342 e. The summed E-state index contributed by atoms with van der Waals surface area (Å²) in [4.78, 5) is 21.9. The molecule has 4 nitrogen and oxygen atoms in total. The highest BCUT2D eigenvalue weighted by Crippen LogP contribution is 2.25. The van der Waals surface area contributed by atoms with E-state index >= 15 is 0 Å². The topological polar surface area (TPSA) is 46.1 Å². The van der Waals surface area contributed by atoms with Crippen LogP contribution in [0.5, 0.6) is 0 Å². The first-order valence-corrected chi connectivity index (χ1v) is 5.71. The quantitative estimate of drug-likeness (QED) is 0.719. The molecule has 2 heterocycles. The lowest BCUT2D eigenvalue weighted by atomic mass is 9.95. The van der Waals surface area contributed by atoms with Crippen LogP contribution >= 0.6 is 0 Å². The van der Waals surface area contributed by atoms with Crippen LogP contribution in [0.3, 0.4) is 0 Å². The van der Waals surface area contributed by atoms with Gasteiger partial charge in [0, 0.05) is 38.3 Å². The van der Waals surface area contributed by atoms with E-state index < -0.39 is 0 Å². The second kappa shape index (κ2) is 4.60. The van der Waals surface area contributed by atoms with E-state index in [4.69, 9.17) is 0 Å². The highest BCUT2D eigenvalue weighted by atomic mass is 16.2. The monoisotopic (exact) mass is 219 g/mol. The standard InChI is InChI=1S/C12H17N3O/c1-9-6-13-7-12(14-9)11-4-3-5-15(8-11)10(2)16/h6-7,11H,3-5,8H2,1-2H3/t11-/m1/s1. The molecule has 1 atom stereocenters. The summed E-state index contributed by atoms with van der Waals surface area (Å²) in [5.74, 6) is 0.510. The first-order valence-electron chi connectivity index (χ1n) is 5.71. The average Bonchev–Trinajstić information content (AvgIpc) is 2.29. The summed E-state index contributed by atoms with van der Waals surface area (Å²) in [5, 5.41) is 0. The fourth-order valence-corrected chi connectivity index (χ4v) is 2.18. The van der Waals surface area contributed by atoms with Gasteiger partial charge in [0.1, 0.15) is 0 Å². The molecule has 0 N–H and O–H groups in total. The number of carbonyl (C=O) groups excluding carboxylic acids is 1. The summed E-state index contributed by atoms with van der Waals surface area (Å²) < 4.78 is 0. The van der Waals surface area contributed by atoms with Gasteiger partial charge in [0.05, 0.1) is 11.4 Å².